The molecule has 2 aromatic heterocycles. The highest BCUT2D eigenvalue weighted by molar-refractivity contribution is 6.00. The van der Waals surface area contributed by atoms with Crippen LogP contribution >= 0.6 is 0 Å². The number of benzene rings is 2. The summed E-state index contributed by atoms with van der Waals surface area (Å²) >= 11 is 0. The quantitative estimate of drug-likeness (QED) is 0.477. The summed E-state index contributed by atoms with van der Waals surface area (Å²) < 4.78 is 5.53. The van der Waals surface area contributed by atoms with Crippen molar-refractivity contribution in [3.63, 3.8) is 0 Å². The number of fused-ring (bicyclic) bond motifs is 2. The number of nitrogens with two attached hydrogens (primary N) is 1. The van der Waals surface area contributed by atoms with Crippen molar-refractivity contribution in [3.8, 4) is 17.0 Å². The first-order valence-electron chi connectivity index (χ1n) is 9.46. The molecule has 0 aliphatic rings. The van der Waals surface area contributed by atoms with Crippen molar-refractivity contribution in [2.45, 2.75) is 26.2 Å². The zero-order valence-corrected chi connectivity index (χ0v) is 15.9. The second kappa shape index (κ2) is 7.41. The normalized spacial score (nSPS) is 11.4. The molecular weight excluding hydrogens is 334 g/mol. The fraction of sp³-hybridized carbons (Fsp3) is 0.261. The van der Waals surface area contributed by atoms with E-state index in [1.54, 1.807) is 7.11 Å². The van der Waals surface area contributed by atoms with Crippen LogP contribution in [0.3, 0.4) is 0 Å². The van der Waals surface area contributed by atoms with Gasteiger partial charge in [0, 0.05) is 28.0 Å². The third kappa shape index (κ3) is 3.17. The summed E-state index contributed by atoms with van der Waals surface area (Å²) in [6.07, 6.45) is 4.91. The molecule has 3 N–H and O–H groups in total. The number of aromatic amines is 1. The molecule has 0 saturated heterocycles. The third-order valence-electron chi connectivity index (χ3n) is 5.22. The van der Waals surface area contributed by atoms with Crippen LogP contribution in [0.5, 0.6) is 5.75 Å². The van der Waals surface area contributed by atoms with Crippen LogP contribution in [0.1, 0.15) is 24.0 Å². The fourth-order valence-electron chi connectivity index (χ4n) is 3.87. The third-order valence-corrected chi connectivity index (χ3v) is 5.22. The van der Waals surface area contributed by atoms with E-state index in [1.165, 1.54) is 33.3 Å². The highest BCUT2D eigenvalue weighted by Crippen LogP contribution is 2.37. The number of aromatic nitrogens is 2. The van der Waals surface area contributed by atoms with Gasteiger partial charge in [0.15, 0.2) is 0 Å². The number of ether oxygens (including phenoxy) is 1. The number of nitrogens with one attached hydrogen (secondary N) is 1. The number of nitrogens with zero attached hydrogens (tertiary/aromatic N) is 1. The van der Waals surface area contributed by atoms with Gasteiger partial charge in [-0.25, -0.2) is 0 Å². The van der Waals surface area contributed by atoms with Gasteiger partial charge in [-0.15, -0.1) is 0 Å². The standard InChI is InChI=1S/C23H25N3O/c1-15-13-16(27-2)14-20-19(7-3-4-11-24)23(26-22(15)20)18-8-5-10-21-17(18)9-6-12-25-21/h5-6,8-10,12-14,26H,3-4,7,11,24H2,1-2H3. The number of rotatable bonds is 6. The van der Waals surface area contributed by atoms with Crippen LogP contribution in [0.4, 0.5) is 0 Å². The van der Waals surface area contributed by atoms with Crippen LogP contribution in [-0.4, -0.2) is 23.6 Å². The second-order valence-corrected chi connectivity index (χ2v) is 6.97. The maximum Gasteiger partial charge on any atom is 0.119 e. The Morgan fingerprint density at radius 1 is 1.07 bits per heavy atom. The van der Waals surface area contributed by atoms with Gasteiger partial charge in [0.2, 0.25) is 0 Å². The summed E-state index contributed by atoms with van der Waals surface area (Å²) in [5.41, 5.74) is 12.8. The molecule has 4 heteroatoms. The van der Waals surface area contributed by atoms with E-state index >= 15 is 0 Å². The maximum absolute atomic E-state index is 5.74. The van der Waals surface area contributed by atoms with E-state index < -0.39 is 0 Å². The van der Waals surface area contributed by atoms with E-state index in [9.17, 15) is 0 Å². The Morgan fingerprint density at radius 3 is 2.78 bits per heavy atom. The van der Waals surface area contributed by atoms with E-state index in [-0.39, 0.29) is 0 Å². The van der Waals surface area contributed by atoms with Gasteiger partial charge in [0.05, 0.1) is 18.3 Å². The summed E-state index contributed by atoms with van der Waals surface area (Å²) in [5, 5.41) is 2.40. The molecule has 0 atom stereocenters. The molecule has 0 spiro atoms. The van der Waals surface area contributed by atoms with Crippen molar-refractivity contribution >= 4 is 21.8 Å². The predicted molar refractivity (Wildman–Crippen MR) is 112 cm³/mol. The molecule has 2 aromatic carbocycles. The van der Waals surface area contributed by atoms with Gasteiger partial charge in [-0.3, -0.25) is 4.98 Å². The molecule has 0 unspecified atom stereocenters. The molecule has 2 heterocycles. The topological polar surface area (TPSA) is 63.9 Å². The van der Waals surface area contributed by atoms with Gasteiger partial charge in [0.1, 0.15) is 5.75 Å². The Morgan fingerprint density at radius 2 is 1.96 bits per heavy atom. The number of unbranched alkanes of at least 4 members (excludes halogenated alkanes) is 1. The average Bonchev–Trinajstić information content (AvgIpc) is 3.06. The van der Waals surface area contributed by atoms with Crippen LogP contribution in [0.2, 0.25) is 0 Å². The lowest BCUT2D eigenvalue weighted by atomic mass is 9.97. The van der Waals surface area contributed by atoms with Gasteiger partial charge in [-0.2, -0.15) is 0 Å². The van der Waals surface area contributed by atoms with Crippen molar-refractivity contribution in [1.29, 1.82) is 0 Å². The van der Waals surface area contributed by atoms with Crippen molar-refractivity contribution in [3.05, 3.63) is 59.8 Å². The number of hydrogen-bond acceptors (Lipinski definition) is 3. The second-order valence-electron chi connectivity index (χ2n) is 6.97. The van der Waals surface area contributed by atoms with E-state index in [4.69, 9.17) is 10.5 Å². The fourth-order valence-corrected chi connectivity index (χ4v) is 3.87. The van der Waals surface area contributed by atoms with Gasteiger partial charge in [0.25, 0.3) is 0 Å². The maximum atomic E-state index is 5.74. The van der Waals surface area contributed by atoms with E-state index in [2.05, 4.69) is 53.3 Å². The van der Waals surface area contributed by atoms with Crippen LogP contribution in [-0.2, 0) is 6.42 Å². The van der Waals surface area contributed by atoms with E-state index in [0.29, 0.717) is 0 Å². The zero-order chi connectivity index (χ0) is 18.8. The smallest absolute Gasteiger partial charge is 0.119 e. The van der Waals surface area contributed by atoms with E-state index in [1.807, 2.05) is 12.3 Å². The first-order valence-corrected chi connectivity index (χ1v) is 9.46. The lowest BCUT2D eigenvalue weighted by Crippen LogP contribution is -1.99. The summed E-state index contributed by atoms with van der Waals surface area (Å²) in [7, 11) is 1.72. The zero-order valence-electron chi connectivity index (χ0n) is 15.9. The lowest BCUT2D eigenvalue weighted by Gasteiger charge is -2.08. The first-order chi connectivity index (χ1) is 13.2. The lowest BCUT2D eigenvalue weighted by molar-refractivity contribution is 0.415. The highest BCUT2D eigenvalue weighted by atomic mass is 16.5. The summed E-state index contributed by atoms with van der Waals surface area (Å²) in [6, 6.07) is 14.7. The average molecular weight is 359 g/mol. The molecule has 0 amide bonds. The van der Waals surface area contributed by atoms with Crippen molar-refractivity contribution < 1.29 is 4.74 Å². The van der Waals surface area contributed by atoms with Gasteiger partial charge in [-0.1, -0.05) is 18.2 Å². The Hall–Kier alpha value is -2.85. The molecule has 0 fully saturated rings. The minimum Gasteiger partial charge on any atom is -0.497 e. The van der Waals surface area contributed by atoms with Crippen molar-refractivity contribution in [1.82, 2.24) is 9.97 Å². The molecular formula is C23H25N3O. The monoisotopic (exact) mass is 359 g/mol. The molecule has 138 valence electrons. The molecule has 0 bridgehead atoms. The Balaban J connectivity index is 1.98. The molecule has 4 rings (SSSR count). The first kappa shape index (κ1) is 17.6. The minimum atomic E-state index is 0.720. The molecule has 0 aliphatic carbocycles. The Kier molecular flexibility index (Phi) is 4.82. The van der Waals surface area contributed by atoms with Gasteiger partial charge < -0.3 is 15.5 Å². The number of H-pyrrole nitrogens is 1. The van der Waals surface area contributed by atoms with Crippen LogP contribution < -0.4 is 10.5 Å². The van der Waals surface area contributed by atoms with Crippen molar-refractivity contribution in [2.24, 2.45) is 5.73 Å². The van der Waals surface area contributed by atoms with Crippen molar-refractivity contribution in [2.75, 3.05) is 13.7 Å². The van der Waals surface area contributed by atoms with Crippen LogP contribution in [0, 0.1) is 6.92 Å². The van der Waals surface area contributed by atoms with Gasteiger partial charge >= 0.3 is 0 Å². The Labute approximate surface area is 159 Å². The molecule has 0 saturated carbocycles. The van der Waals surface area contributed by atoms with E-state index in [0.717, 1.165) is 42.5 Å². The Bertz CT molecular complexity index is 1090. The number of hydrogen-bond donors (Lipinski definition) is 2. The number of pyridine rings is 1. The summed E-state index contributed by atoms with van der Waals surface area (Å²) in [6.45, 7) is 2.84. The SMILES string of the molecule is COc1cc(C)c2[nH]c(-c3cccc4ncccc34)c(CCCCN)c2c1. The predicted octanol–water partition coefficient (Wildman–Crippen LogP) is 4.98. The molecule has 0 aliphatic heterocycles. The molecule has 4 aromatic rings. The largest absolute Gasteiger partial charge is 0.497 e. The molecule has 4 nitrogen and oxygen atoms in total. The summed E-state index contributed by atoms with van der Waals surface area (Å²) in [5.74, 6) is 0.894. The highest BCUT2D eigenvalue weighted by Gasteiger charge is 2.17. The van der Waals surface area contributed by atoms with Crippen LogP contribution in [0.25, 0.3) is 33.1 Å². The number of methoxy groups -OCH3 is 1. The van der Waals surface area contributed by atoms with Gasteiger partial charge in [-0.05, 0) is 68.1 Å². The van der Waals surface area contributed by atoms with Crippen LogP contribution in [0.15, 0.2) is 48.7 Å². The summed E-state index contributed by atoms with van der Waals surface area (Å²) in [4.78, 5) is 8.23. The minimum absolute atomic E-state index is 0.720. The number of aryl methyl sites for hydroxylation is 2. The molecule has 0 radical (unpaired) electrons. The molecule has 27 heavy (non-hydrogen) atoms.